The van der Waals surface area contributed by atoms with Crippen LogP contribution in [0.2, 0.25) is 5.02 Å². The Bertz CT molecular complexity index is 1010. The molecule has 150 valence electrons. The summed E-state index contributed by atoms with van der Waals surface area (Å²) in [4.78, 5) is 18.7. The van der Waals surface area contributed by atoms with E-state index >= 15 is 0 Å². The van der Waals surface area contributed by atoms with E-state index < -0.39 is 0 Å². The van der Waals surface area contributed by atoms with E-state index in [1.165, 1.54) is 7.11 Å². The SMILES string of the molecule is CCCN(CCC)CCOc1ccc2[nH]c3cc(Cl)cc(OC)c3c(=O)c2c1. The molecule has 0 aliphatic carbocycles. The molecule has 0 saturated heterocycles. The quantitative estimate of drug-likeness (QED) is 0.520. The maximum absolute atomic E-state index is 13.1. The Hall–Kier alpha value is -2.24. The first-order valence-electron chi connectivity index (χ1n) is 9.75. The molecule has 3 rings (SSSR count). The topological polar surface area (TPSA) is 54.6 Å². The van der Waals surface area contributed by atoms with Crippen molar-refractivity contribution < 1.29 is 9.47 Å². The molecule has 0 atom stereocenters. The fourth-order valence-electron chi connectivity index (χ4n) is 3.53. The van der Waals surface area contributed by atoms with Gasteiger partial charge in [-0.25, -0.2) is 0 Å². The molecular weight excluding hydrogens is 376 g/mol. The average molecular weight is 403 g/mol. The summed E-state index contributed by atoms with van der Waals surface area (Å²) in [5.74, 6) is 1.16. The van der Waals surface area contributed by atoms with Crippen LogP contribution in [0.25, 0.3) is 21.8 Å². The summed E-state index contributed by atoms with van der Waals surface area (Å²) in [6, 6.07) is 8.94. The number of rotatable bonds is 9. The van der Waals surface area contributed by atoms with E-state index in [-0.39, 0.29) is 5.43 Å². The monoisotopic (exact) mass is 402 g/mol. The third kappa shape index (κ3) is 4.42. The van der Waals surface area contributed by atoms with E-state index in [4.69, 9.17) is 21.1 Å². The molecule has 0 fully saturated rings. The highest BCUT2D eigenvalue weighted by molar-refractivity contribution is 6.31. The van der Waals surface area contributed by atoms with Gasteiger partial charge in [-0.3, -0.25) is 9.69 Å². The number of aromatic amines is 1. The second-order valence-corrected chi connectivity index (χ2v) is 7.32. The minimum absolute atomic E-state index is 0.0960. The maximum atomic E-state index is 13.1. The van der Waals surface area contributed by atoms with Crippen molar-refractivity contribution in [2.24, 2.45) is 0 Å². The lowest BCUT2D eigenvalue weighted by molar-refractivity contribution is 0.209. The van der Waals surface area contributed by atoms with E-state index in [1.807, 2.05) is 12.1 Å². The molecule has 0 bridgehead atoms. The van der Waals surface area contributed by atoms with Crippen LogP contribution in [0.3, 0.4) is 0 Å². The fraction of sp³-hybridized carbons (Fsp3) is 0.409. The summed E-state index contributed by atoms with van der Waals surface area (Å²) in [5, 5.41) is 1.58. The normalized spacial score (nSPS) is 11.5. The number of halogens is 1. The molecule has 2 aromatic carbocycles. The Morgan fingerprint density at radius 1 is 1.04 bits per heavy atom. The molecule has 0 aliphatic rings. The predicted octanol–water partition coefficient (Wildman–Crippen LogP) is 4.84. The van der Waals surface area contributed by atoms with Crippen molar-refractivity contribution in [1.29, 1.82) is 0 Å². The molecule has 28 heavy (non-hydrogen) atoms. The van der Waals surface area contributed by atoms with E-state index in [2.05, 4.69) is 23.7 Å². The standard InChI is InChI=1S/C22H27ClN2O3/c1-4-8-25(9-5-2)10-11-28-16-6-7-18-17(14-16)22(26)21-19(24-18)12-15(23)13-20(21)27-3/h6-7,12-14H,4-5,8-11H2,1-3H3,(H,24,26). The van der Waals surface area contributed by atoms with Gasteiger partial charge in [0, 0.05) is 17.0 Å². The van der Waals surface area contributed by atoms with Gasteiger partial charge in [-0.15, -0.1) is 0 Å². The smallest absolute Gasteiger partial charge is 0.201 e. The van der Waals surface area contributed by atoms with Crippen LogP contribution in [0.1, 0.15) is 26.7 Å². The maximum Gasteiger partial charge on any atom is 0.201 e. The Kier molecular flexibility index (Phi) is 6.81. The van der Waals surface area contributed by atoms with Gasteiger partial charge in [0.05, 0.1) is 23.5 Å². The van der Waals surface area contributed by atoms with Crippen molar-refractivity contribution >= 4 is 33.4 Å². The van der Waals surface area contributed by atoms with Crippen LogP contribution in [0.15, 0.2) is 35.1 Å². The first-order valence-corrected chi connectivity index (χ1v) is 10.1. The van der Waals surface area contributed by atoms with Crippen molar-refractivity contribution in [1.82, 2.24) is 9.88 Å². The van der Waals surface area contributed by atoms with Gasteiger partial charge < -0.3 is 14.5 Å². The highest BCUT2D eigenvalue weighted by atomic mass is 35.5. The molecule has 5 nitrogen and oxygen atoms in total. The van der Waals surface area contributed by atoms with Gasteiger partial charge in [0.25, 0.3) is 0 Å². The van der Waals surface area contributed by atoms with E-state index in [0.717, 1.165) is 38.0 Å². The first kappa shape index (κ1) is 20.5. The fourth-order valence-corrected chi connectivity index (χ4v) is 3.73. The molecule has 0 unspecified atom stereocenters. The summed E-state index contributed by atoms with van der Waals surface area (Å²) < 4.78 is 11.3. The zero-order valence-corrected chi connectivity index (χ0v) is 17.4. The Labute approximate surface area is 170 Å². The number of hydrogen-bond acceptors (Lipinski definition) is 4. The lowest BCUT2D eigenvalue weighted by Crippen LogP contribution is -2.30. The molecule has 0 amide bonds. The molecule has 0 radical (unpaired) electrons. The van der Waals surface area contributed by atoms with Crippen LogP contribution in [0.4, 0.5) is 0 Å². The summed E-state index contributed by atoms with van der Waals surface area (Å²) in [7, 11) is 1.53. The third-order valence-electron chi connectivity index (χ3n) is 4.77. The summed E-state index contributed by atoms with van der Waals surface area (Å²) in [6.45, 7) is 7.98. The molecule has 1 N–H and O–H groups in total. The van der Waals surface area contributed by atoms with Crippen molar-refractivity contribution in [2.45, 2.75) is 26.7 Å². The van der Waals surface area contributed by atoms with Gasteiger partial charge in [-0.2, -0.15) is 0 Å². The minimum atomic E-state index is -0.0960. The first-order chi connectivity index (χ1) is 13.6. The van der Waals surface area contributed by atoms with E-state index in [1.54, 1.807) is 18.2 Å². The van der Waals surface area contributed by atoms with E-state index in [0.29, 0.717) is 39.4 Å². The molecule has 0 spiro atoms. The van der Waals surface area contributed by atoms with Gasteiger partial charge >= 0.3 is 0 Å². The number of fused-ring (bicyclic) bond motifs is 2. The number of methoxy groups -OCH3 is 1. The molecule has 0 aliphatic heterocycles. The van der Waals surface area contributed by atoms with Crippen molar-refractivity contribution in [3.05, 3.63) is 45.6 Å². The molecule has 0 saturated carbocycles. The lowest BCUT2D eigenvalue weighted by atomic mass is 10.1. The van der Waals surface area contributed by atoms with Crippen molar-refractivity contribution in [3.8, 4) is 11.5 Å². The Balaban J connectivity index is 1.88. The number of hydrogen-bond donors (Lipinski definition) is 1. The molecule has 3 aromatic rings. The number of nitrogens with zero attached hydrogens (tertiary/aromatic N) is 1. The Morgan fingerprint density at radius 2 is 1.79 bits per heavy atom. The minimum Gasteiger partial charge on any atom is -0.496 e. The molecular formula is C22H27ClN2O3. The zero-order chi connectivity index (χ0) is 20.1. The summed E-state index contributed by atoms with van der Waals surface area (Å²) in [6.07, 6.45) is 2.26. The van der Waals surface area contributed by atoms with Gasteiger partial charge in [-0.1, -0.05) is 25.4 Å². The highest BCUT2D eigenvalue weighted by Gasteiger charge is 2.12. The van der Waals surface area contributed by atoms with E-state index in [9.17, 15) is 4.79 Å². The number of H-pyrrole nitrogens is 1. The lowest BCUT2D eigenvalue weighted by Gasteiger charge is -2.20. The summed E-state index contributed by atoms with van der Waals surface area (Å²) >= 11 is 6.13. The van der Waals surface area contributed by atoms with Crippen LogP contribution >= 0.6 is 11.6 Å². The average Bonchev–Trinajstić information content (AvgIpc) is 2.68. The highest BCUT2D eigenvalue weighted by Crippen LogP contribution is 2.29. The second-order valence-electron chi connectivity index (χ2n) is 6.88. The van der Waals surface area contributed by atoms with Crippen molar-refractivity contribution in [2.75, 3.05) is 33.4 Å². The van der Waals surface area contributed by atoms with Crippen LogP contribution in [0, 0.1) is 0 Å². The molecule has 6 heteroatoms. The van der Waals surface area contributed by atoms with Gasteiger partial charge in [0.2, 0.25) is 5.43 Å². The van der Waals surface area contributed by atoms with Crippen LogP contribution in [0.5, 0.6) is 11.5 Å². The van der Waals surface area contributed by atoms with Crippen molar-refractivity contribution in [3.63, 3.8) is 0 Å². The zero-order valence-electron chi connectivity index (χ0n) is 16.7. The van der Waals surface area contributed by atoms with Gasteiger partial charge in [0.1, 0.15) is 18.1 Å². The third-order valence-corrected chi connectivity index (χ3v) is 4.99. The Morgan fingerprint density at radius 3 is 2.46 bits per heavy atom. The van der Waals surface area contributed by atoms with Crippen LogP contribution in [-0.2, 0) is 0 Å². The molecule has 1 aromatic heterocycles. The largest absolute Gasteiger partial charge is 0.496 e. The number of benzene rings is 2. The number of pyridine rings is 1. The van der Waals surface area contributed by atoms with Gasteiger partial charge in [0.15, 0.2) is 0 Å². The van der Waals surface area contributed by atoms with Gasteiger partial charge in [-0.05, 0) is 56.3 Å². The summed E-state index contributed by atoms with van der Waals surface area (Å²) in [5.41, 5.74) is 1.30. The number of ether oxygens (including phenoxy) is 2. The molecule has 1 heterocycles. The number of aromatic nitrogens is 1. The number of nitrogens with one attached hydrogen (secondary N) is 1. The second kappa shape index (κ2) is 9.30. The van der Waals surface area contributed by atoms with Crippen LogP contribution < -0.4 is 14.9 Å². The predicted molar refractivity (Wildman–Crippen MR) is 116 cm³/mol. The van der Waals surface area contributed by atoms with Crippen LogP contribution in [-0.4, -0.2) is 43.2 Å².